The number of anilines is 1. The van der Waals surface area contributed by atoms with Crippen LogP contribution in [0.3, 0.4) is 0 Å². The van der Waals surface area contributed by atoms with Crippen molar-refractivity contribution in [3.8, 4) is 0 Å². The number of piperidine rings is 1. The normalized spacial score (nSPS) is 19.7. The predicted octanol–water partition coefficient (Wildman–Crippen LogP) is 4.55. The van der Waals surface area contributed by atoms with Crippen LogP contribution in [0, 0.1) is 11.7 Å². The molecule has 0 unspecified atom stereocenters. The molecule has 28 heavy (non-hydrogen) atoms. The molecule has 158 valence electrons. The number of hydrogen-bond donors (Lipinski definition) is 1. The van der Waals surface area contributed by atoms with E-state index in [4.69, 9.17) is 9.16 Å². The van der Waals surface area contributed by atoms with Crippen LogP contribution in [0.1, 0.15) is 39.2 Å². The van der Waals surface area contributed by atoms with Crippen LogP contribution >= 0.6 is 0 Å². The summed E-state index contributed by atoms with van der Waals surface area (Å²) in [6.07, 6.45) is 2.62. The summed E-state index contributed by atoms with van der Waals surface area (Å²) in [6.45, 7) is 15.9. The van der Waals surface area contributed by atoms with Crippen LogP contribution in [0.2, 0.25) is 18.1 Å². The van der Waals surface area contributed by atoms with Crippen molar-refractivity contribution in [3.63, 3.8) is 0 Å². The molecule has 0 bridgehead atoms. The predicted molar refractivity (Wildman–Crippen MR) is 116 cm³/mol. The fraction of sp³-hybridized carbons (Fsp3) is 0.727. The Balaban J connectivity index is 1.51. The molecule has 1 aromatic carbocycles. The van der Waals surface area contributed by atoms with Crippen LogP contribution in [-0.4, -0.2) is 47.2 Å². The summed E-state index contributed by atoms with van der Waals surface area (Å²) >= 11 is 0. The summed E-state index contributed by atoms with van der Waals surface area (Å²) in [4.78, 5) is 2.08. The van der Waals surface area contributed by atoms with E-state index in [2.05, 4.69) is 44.1 Å². The zero-order chi connectivity index (χ0) is 20.4. The lowest BCUT2D eigenvalue weighted by atomic mass is 9.99. The third kappa shape index (κ3) is 5.15. The number of nitrogens with zero attached hydrogens (tertiary/aromatic N) is 1. The maximum absolute atomic E-state index is 15.1. The highest BCUT2D eigenvalue weighted by Gasteiger charge is 2.37. The fourth-order valence-electron chi connectivity index (χ4n) is 3.46. The molecule has 3 rings (SSSR count). The van der Waals surface area contributed by atoms with E-state index in [9.17, 15) is 0 Å². The number of halogens is 1. The highest BCUT2D eigenvalue weighted by atomic mass is 28.4. The van der Waals surface area contributed by atoms with E-state index >= 15 is 4.39 Å². The van der Waals surface area contributed by atoms with Crippen molar-refractivity contribution < 1.29 is 13.6 Å². The van der Waals surface area contributed by atoms with Crippen molar-refractivity contribution in [1.29, 1.82) is 0 Å². The van der Waals surface area contributed by atoms with Crippen molar-refractivity contribution in [2.24, 2.45) is 5.92 Å². The van der Waals surface area contributed by atoms with Gasteiger partial charge in [0.15, 0.2) is 14.1 Å². The first-order chi connectivity index (χ1) is 13.2. The molecule has 0 aliphatic carbocycles. The van der Waals surface area contributed by atoms with E-state index in [0.717, 1.165) is 32.8 Å². The Hall–Kier alpha value is -0.953. The topological polar surface area (TPSA) is 33.7 Å². The molecule has 2 heterocycles. The van der Waals surface area contributed by atoms with Gasteiger partial charge in [-0.1, -0.05) is 32.9 Å². The second-order valence-electron chi connectivity index (χ2n) is 9.85. The molecule has 2 fully saturated rings. The molecule has 6 heteroatoms. The van der Waals surface area contributed by atoms with E-state index in [1.165, 1.54) is 12.8 Å². The molecule has 2 aliphatic rings. The number of hydrogen-bond acceptors (Lipinski definition) is 4. The van der Waals surface area contributed by atoms with Crippen molar-refractivity contribution in [1.82, 2.24) is 5.32 Å². The van der Waals surface area contributed by atoms with E-state index in [1.807, 2.05) is 18.2 Å². The van der Waals surface area contributed by atoms with Gasteiger partial charge in [-0.2, -0.15) is 0 Å². The lowest BCUT2D eigenvalue weighted by molar-refractivity contribution is 0.00690. The molecule has 2 aliphatic heterocycles. The Bertz CT molecular complexity index is 650. The van der Waals surface area contributed by atoms with Gasteiger partial charge in [0.05, 0.1) is 25.0 Å². The lowest BCUT2D eigenvalue weighted by Crippen LogP contribution is -2.53. The molecular formula is C22H37FN2O2Si. The largest absolute Gasteiger partial charge is 0.412 e. The third-order valence-electron chi connectivity index (χ3n) is 6.67. The second-order valence-corrected chi connectivity index (χ2v) is 14.7. The van der Waals surface area contributed by atoms with Crippen LogP contribution in [-0.2, 0) is 15.8 Å². The number of ether oxygens (including phenoxy) is 1. The van der Waals surface area contributed by atoms with Gasteiger partial charge in [-0.25, -0.2) is 4.39 Å². The van der Waals surface area contributed by atoms with Crippen molar-refractivity contribution in [2.45, 2.75) is 64.5 Å². The monoisotopic (exact) mass is 408 g/mol. The van der Waals surface area contributed by atoms with Gasteiger partial charge in [0, 0.05) is 18.7 Å². The van der Waals surface area contributed by atoms with Gasteiger partial charge in [-0.15, -0.1) is 0 Å². The first-order valence-corrected chi connectivity index (χ1v) is 13.6. The Morgan fingerprint density at radius 2 is 1.86 bits per heavy atom. The van der Waals surface area contributed by atoms with E-state index in [-0.39, 0.29) is 17.0 Å². The highest BCUT2D eigenvalue weighted by Crippen LogP contribution is 2.37. The number of nitrogens with one attached hydrogen (secondary N) is 1. The van der Waals surface area contributed by atoms with Crippen LogP contribution in [0.5, 0.6) is 0 Å². The maximum atomic E-state index is 15.1. The zero-order valence-electron chi connectivity index (χ0n) is 18.2. The van der Waals surface area contributed by atoms with Crippen molar-refractivity contribution in [2.75, 3.05) is 37.7 Å². The van der Waals surface area contributed by atoms with Gasteiger partial charge in [-0.3, -0.25) is 0 Å². The molecular weight excluding hydrogens is 371 g/mol. The van der Waals surface area contributed by atoms with E-state index in [1.54, 1.807) is 0 Å². The zero-order valence-corrected chi connectivity index (χ0v) is 19.2. The van der Waals surface area contributed by atoms with Gasteiger partial charge in [0.25, 0.3) is 0 Å². The molecule has 0 aromatic heterocycles. The van der Waals surface area contributed by atoms with E-state index in [0.29, 0.717) is 23.8 Å². The van der Waals surface area contributed by atoms with Gasteiger partial charge in [0.2, 0.25) is 0 Å². The molecule has 0 saturated carbocycles. The van der Waals surface area contributed by atoms with Crippen LogP contribution in [0.15, 0.2) is 18.2 Å². The van der Waals surface area contributed by atoms with Gasteiger partial charge < -0.3 is 19.4 Å². The molecule has 2 saturated heterocycles. The maximum Gasteiger partial charge on any atom is 0.192 e. The summed E-state index contributed by atoms with van der Waals surface area (Å²) < 4.78 is 27.3. The highest BCUT2D eigenvalue weighted by molar-refractivity contribution is 6.74. The third-order valence-corrected chi connectivity index (χ3v) is 11.1. The summed E-state index contributed by atoms with van der Waals surface area (Å²) in [5, 5.41) is 3.51. The molecule has 0 spiro atoms. The van der Waals surface area contributed by atoms with Crippen LogP contribution in [0.25, 0.3) is 0 Å². The van der Waals surface area contributed by atoms with Gasteiger partial charge in [-0.05, 0) is 56.0 Å². The number of benzene rings is 1. The van der Waals surface area contributed by atoms with E-state index < -0.39 is 8.32 Å². The number of rotatable bonds is 7. The summed E-state index contributed by atoms with van der Waals surface area (Å²) in [7, 11) is -1.89. The van der Waals surface area contributed by atoms with Crippen LogP contribution in [0.4, 0.5) is 10.1 Å². The fourth-order valence-corrected chi connectivity index (χ4v) is 4.41. The minimum absolute atomic E-state index is 0.123. The average Bonchev–Trinajstić information content (AvgIpc) is 2.60. The molecule has 0 radical (unpaired) electrons. The van der Waals surface area contributed by atoms with Gasteiger partial charge in [0.1, 0.15) is 0 Å². The molecule has 1 N–H and O–H groups in total. The van der Waals surface area contributed by atoms with Gasteiger partial charge >= 0.3 is 0 Å². The SMILES string of the molecule is CC(C)(C)[Si](C)(C)OCc1cccc(N2CC(OCC3CCNCC3)C2)c1F. The molecule has 0 amide bonds. The summed E-state index contributed by atoms with van der Waals surface area (Å²) in [5.74, 6) is 0.529. The smallest absolute Gasteiger partial charge is 0.192 e. The first kappa shape index (κ1) is 21.7. The van der Waals surface area contributed by atoms with Crippen molar-refractivity contribution >= 4 is 14.0 Å². The van der Waals surface area contributed by atoms with Crippen molar-refractivity contribution in [3.05, 3.63) is 29.6 Å². The average molecular weight is 409 g/mol. The molecule has 0 atom stereocenters. The Morgan fingerprint density at radius 1 is 1.18 bits per heavy atom. The van der Waals surface area contributed by atoms with Crippen LogP contribution < -0.4 is 10.2 Å². The summed E-state index contributed by atoms with van der Waals surface area (Å²) in [6, 6.07) is 5.65. The molecule has 4 nitrogen and oxygen atoms in total. The quantitative estimate of drug-likeness (QED) is 0.671. The Labute approximate surface area is 170 Å². The minimum atomic E-state index is -1.89. The molecule has 1 aromatic rings. The second kappa shape index (κ2) is 8.82. The Morgan fingerprint density at radius 3 is 2.50 bits per heavy atom. The first-order valence-electron chi connectivity index (χ1n) is 10.7. The summed E-state index contributed by atoms with van der Waals surface area (Å²) in [5.41, 5.74) is 1.33. The lowest BCUT2D eigenvalue weighted by Gasteiger charge is -2.41. The Kier molecular flexibility index (Phi) is 6.85. The minimum Gasteiger partial charge on any atom is -0.412 e. The standard InChI is InChI=1S/C22H37FN2O2Si/c1-22(2,3)28(4,5)27-16-18-7-6-8-20(21(18)23)25-13-19(14-25)26-15-17-9-11-24-12-10-17/h6-8,17,19,24H,9-16H2,1-5H3.